The van der Waals surface area contributed by atoms with Gasteiger partial charge in [0.15, 0.2) is 0 Å². The molecule has 1 aromatic heterocycles. The van der Waals surface area contributed by atoms with Crippen LogP contribution in [0.15, 0.2) is 54.6 Å². The molecular formula is C20H25N7O. The first kappa shape index (κ1) is 19.5. The molecule has 8 nitrogen and oxygen atoms in total. The van der Waals surface area contributed by atoms with E-state index in [0.717, 1.165) is 17.7 Å². The molecule has 0 aliphatic carbocycles. The Labute approximate surface area is 164 Å². The summed E-state index contributed by atoms with van der Waals surface area (Å²) in [6.07, 6.45) is 0. The van der Waals surface area contributed by atoms with Gasteiger partial charge in [-0.15, -0.1) is 10.2 Å². The summed E-state index contributed by atoms with van der Waals surface area (Å²) in [5.74, 6) is 0.515. The van der Waals surface area contributed by atoms with Gasteiger partial charge in [0.1, 0.15) is 0 Å². The average Bonchev–Trinajstić information content (AvgIpc) is 3.13. The molecule has 1 heterocycles. The van der Waals surface area contributed by atoms with Gasteiger partial charge in [-0.25, -0.2) is 4.79 Å². The lowest BCUT2D eigenvalue weighted by Crippen LogP contribution is -2.39. The number of likely N-dealkylation sites (N-methyl/N-ethyl adjacent to an activating group) is 2. The number of carbonyl (C=O) groups excluding carboxylic acids is 1. The molecule has 1 unspecified atom stereocenters. The van der Waals surface area contributed by atoms with Gasteiger partial charge in [-0.1, -0.05) is 42.5 Å². The number of amides is 2. The van der Waals surface area contributed by atoms with Crippen LogP contribution in [0.3, 0.4) is 0 Å². The Morgan fingerprint density at radius 1 is 1.11 bits per heavy atom. The van der Waals surface area contributed by atoms with Crippen LogP contribution in [-0.4, -0.2) is 63.7 Å². The standard InChI is InChI=1S/C20H25N7O/c1-25(2)14-18(15-9-6-5-7-10-15)26(3)20(28)21-17-12-8-11-16(13-17)19-22-24-27(4)23-19/h5-13,18H,14H2,1-4H3,(H,21,28). The molecule has 0 bridgehead atoms. The number of nitrogens with zero attached hydrogens (tertiary/aromatic N) is 6. The van der Waals surface area contributed by atoms with Crippen LogP contribution >= 0.6 is 0 Å². The maximum Gasteiger partial charge on any atom is 0.322 e. The second kappa shape index (κ2) is 8.62. The van der Waals surface area contributed by atoms with E-state index in [1.165, 1.54) is 4.80 Å². The lowest BCUT2D eigenvalue weighted by Gasteiger charge is -2.31. The van der Waals surface area contributed by atoms with Crippen molar-refractivity contribution >= 4 is 11.7 Å². The van der Waals surface area contributed by atoms with E-state index >= 15 is 0 Å². The van der Waals surface area contributed by atoms with Crippen molar-refractivity contribution in [3.05, 3.63) is 60.2 Å². The van der Waals surface area contributed by atoms with Gasteiger partial charge in [0.2, 0.25) is 5.82 Å². The van der Waals surface area contributed by atoms with Crippen molar-refractivity contribution < 1.29 is 4.79 Å². The van der Waals surface area contributed by atoms with Crippen molar-refractivity contribution in [2.45, 2.75) is 6.04 Å². The summed E-state index contributed by atoms with van der Waals surface area (Å²) in [6.45, 7) is 0.720. The maximum atomic E-state index is 12.9. The molecule has 2 aromatic carbocycles. The van der Waals surface area contributed by atoms with Crippen LogP contribution in [-0.2, 0) is 7.05 Å². The average molecular weight is 379 g/mol. The third-order valence-electron chi connectivity index (χ3n) is 4.39. The van der Waals surface area contributed by atoms with Crippen LogP contribution in [0.2, 0.25) is 0 Å². The minimum atomic E-state index is -0.181. The van der Waals surface area contributed by atoms with Crippen LogP contribution in [0, 0.1) is 0 Å². The number of urea groups is 1. The monoisotopic (exact) mass is 379 g/mol. The molecule has 3 aromatic rings. The Hall–Kier alpha value is -3.26. The number of rotatable bonds is 6. The predicted molar refractivity (Wildman–Crippen MR) is 109 cm³/mol. The van der Waals surface area contributed by atoms with Crippen molar-refractivity contribution in [3.8, 4) is 11.4 Å². The second-order valence-electron chi connectivity index (χ2n) is 6.91. The molecule has 0 spiro atoms. The van der Waals surface area contributed by atoms with Gasteiger partial charge < -0.3 is 15.1 Å². The molecular weight excluding hydrogens is 354 g/mol. The van der Waals surface area contributed by atoms with E-state index in [4.69, 9.17) is 0 Å². The van der Waals surface area contributed by atoms with E-state index in [1.807, 2.05) is 75.7 Å². The largest absolute Gasteiger partial charge is 0.322 e. The Morgan fingerprint density at radius 3 is 2.50 bits per heavy atom. The molecule has 0 aliphatic rings. The zero-order valence-corrected chi connectivity index (χ0v) is 16.6. The van der Waals surface area contributed by atoms with E-state index in [-0.39, 0.29) is 12.1 Å². The number of nitrogens with one attached hydrogen (secondary N) is 1. The number of tetrazole rings is 1. The van der Waals surface area contributed by atoms with E-state index in [2.05, 4.69) is 25.6 Å². The van der Waals surface area contributed by atoms with Gasteiger partial charge >= 0.3 is 6.03 Å². The molecule has 28 heavy (non-hydrogen) atoms. The fourth-order valence-electron chi connectivity index (χ4n) is 2.96. The highest BCUT2D eigenvalue weighted by Crippen LogP contribution is 2.23. The molecule has 2 amide bonds. The van der Waals surface area contributed by atoms with Gasteiger partial charge in [0.25, 0.3) is 0 Å². The second-order valence-corrected chi connectivity index (χ2v) is 6.91. The Bertz CT molecular complexity index is 923. The van der Waals surface area contributed by atoms with Gasteiger partial charge in [0.05, 0.1) is 13.1 Å². The fourth-order valence-corrected chi connectivity index (χ4v) is 2.96. The van der Waals surface area contributed by atoms with Crippen molar-refractivity contribution in [1.82, 2.24) is 30.0 Å². The third kappa shape index (κ3) is 4.72. The number of hydrogen-bond acceptors (Lipinski definition) is 5. The topological polar surface area (TPSA) is 79.2 Å². The van der Waals surface area contributed by atoms with Crippen molar-refractivity contribution in [2.24, 2.45) is 7.05 Å². The highest BCUT2D eigenvalue weighted by atomic mass is 16.2. The smallest absolute Gasteiger partial charge is 0.319 e. The summed E-state index contributed by atoms with van der Waals surface area (Å²) in [5.41, 5.74) is 2.56. The lowest BCUT2D eigenvalue weighted by molar-refractivity contribution is 0.188. The van der Waals surface area contributed by atoms with Crippen molar-refractivity contribution in [1.29, 1.82) is 0 Å². The highest BCUT2D eigenvalue weighted by molar-refractivity contribution is 5.90. The van der Waals surface area contributed by atoms with E-state index < -0.39 is 0 Å². The SMILES string of the molecule is CN(C)CC(c1ccccc1)N(C)C(=O)Nc1cccc(-c2nnn(C)n2)c1. The highest BCUT2D eigenvalue weighted by Gasteiger charge is 2.22. The number of anilines is 1. The van der Waals surface area contributed by atoms with Crippen LogP contribution < -0.4 is 5.32 Å². The number of aryl methyl sites for hydroxylation is 1. The number of aromatic nitrogens is 4. The molecule has 0 saturated heterocycles. The molecule has 0 radical (unpaired) electrons. The normalized spacial score (nSPS) is 12.0. The van der Waals surface area contributed by atoms with Crippen LogP contribution in [0.5, 0.6) is 0 Å². The quantitative estimate of drug-likeness (QED) is 0.712. The van der Waals surface area contributed by atoms with E-state index in [9.17, 15) is 4.79 Å². The van der Waals surface area contributed by atoms with Crippen molar-refractivity contribution in [2.75, 3.05) is 33.0 Å². The van der Waals surface area contributed by atoms with Gasteiger partial charge in [-0.3, -0.25) is 0 Å². The zero-order chi connectivity index (χ0) is 20.1. The van der Waals surface area contributed by atoms with Gasteiger partial charge in [-0.2, -0.15) is 4.80 Å². The Morgan fingerprint density at radius 2 is 1.86 bits per heavy atom. The number of benzene rings is 2. The Balaban J connectivity index is 1.77. The Kier molecular flexibility index (Phi) is 6.00. The first-order valence-electron chi connectivity index (χ1n) is 9.02. The molecule has 0 fully saturated rings. The summed E-state index contributed by atoms with van der Waals surface area (Å²) in [6, 6.07) is 17.2. The predicted octanol–water partition coefficient (Wildman–Crippen LogP) is 2.64. The summed E-state index contributed by atoms with van der Waals surface area (Å²) in [7, 11) is 7.52. The molecule has 146 valence electrons. The summed E-state index contributed by atoms with van der Waals surface area (Å²) >= 11 is 0. The molecule has 0 aliphatic heterocycles. The minimum absolute atomic E-state index is 0.0685. The molecule has 0 saturated carbocycles. The lowest BCUT2D eigenvalue weighted by atomic mass is 10.1. The molecule has 1 N–H and O–H groups in total. The first-order chi connectivity index (χ1) is 13.4. The van der Waals surface area contributed by atoms with Crippen molar-refractivity contribution in [3.63, 3.8) is 0 Å². The molecule has 1 atom stereocenters. The number of carbonyl (C=O) groups is 1. The van der Waals surface area contributed by atoms with Gasteiger partial charge in [0, 0.05) is 24.8 Å². The summed E-state index contributed by atoms with van der Waals surface area (Å²) in [4.78, 5) is 18.1. The van der Waals surface area contributed by atoms with Crippen LogP contribution in [0.4, 0.5) is 10.5 Å². The van der Waals surface area contributed by atoms with Crippen LogP contribution in [0.1, 0.15) is 11.6 Å². The maximum absolute atomic E-state index is 12.9. The molecule has 8 heteroatoms. The first-order valence-corrected chi connectivity index (χ1v) is 9.02. The van der Waals surface area contributed by atoms with Gasteiger partial charge in [-0.05, 0) is 37.0 Å². The third-order valence-corrected chi connectivity index (χ3v) is 4.39. The summed E-state index contributed by atoms with van der Waals surface area (Å²) in [5, 5.41) is 15.0. The van der Waals surface area contributed by atoms with E-state index in [0.29, 0.717) is 11.5 Å². The molecule has 3 rings (SSSR count). The summed E-state index contributed by atoms with van der Waals surface area (Å²) < 4.78 is 0. The zero-order valence-electron chi connectivity index (χ0n) is 16.6. The van der Waals surface area contributed by atoms with Crippen LogP contribution in [0.25, 0.3) is 11.4 Å². The van der Waals surface area contributed by atoms with E-state index in [1.54, 1.807) is 11.9 Å². The minimum Gasteiger partial charge on any atom is -0.319 e. The number of hydrogen-bond donors (Lipinski definition) is 1. The fraction of sp³-hybridized carbons (Fsp3) is 0.300.